The molecule has 1 aliphatic rings. The second-order valence-corrected chi connectivity index (χ2v) is 9.54. The summed E-state index contributed by atoms with van der Waals surface area (Å²) in [7, 11) is 0. The van der Waals surface area contributed by atoms with Gasteiger partial charge in [0.2, 0.25) is 5.91 Å². The highest BCUT2D eigenvalue weighted by molar-refractivity contribution is 8.02. The lowest BCUT2D eigenvalue weighted by Gasteiger charge is -2.15. The quantitative estimate of drug-likeness (QED) is 0.432. The first kappa shape index (κ1) is 18.5. The number of aromatic nitrogens is 1. The van der Waals surface area contributed by atoms with Crippen LogP contribution in [0.25, 0.3) is 10.2 Å². The van der Waals surface area contributed by atoms with Crippen molar-refractivity contribution in [3.05, 3.63) is 52.5 Å². The number of amides is 1. The van der Waals surface area contributed by atoms with Gasteiger partial charge in [-0.1, -0.05) is 23.4 Å². The van der Waals surface area contributed by atoms with Crippen LogP contribution in [0.5, 0.6) is 0 Å². The van der Waals surface area contributed by atoms with E-state index in [0.717, 1.165) is 32.2 Å². The zero-order valence-electron chi connectivity index (χ0n) is 14.9. The molecule has 0 bridgehead atoms. The van der Waals surface area contributed by atoms with Gasteiger partial charge < -0.3 is 4.90 Å². The number of ketones is 1. The molecule has 138 valence electrons. The summed E-state index contributed by atoms with van der Waals surface area (Å²) >= 11 is 9.05. The molecule has 0 N–H and O–H groups in total. The molecule has 1 atom stereocenters. The van der Waals surface area contributed by atoms with E-state index < -0.39 is 0 Å². The van der Waals surface area contributed by atoms with Crippen LogP contribution >= 0.6 is 34.7 Å². The van der Waals surface area contributed by atoms with Gasteiger partial charge >= 0.3 is 0 Å². The number of hydrogen-bond donors (Lipinski definition) is 0. The molecule has 2 aromatic carbocycles. The van der Waals surface area contributed by atoms with Crippen molar-refractivity contribution in [1.82, 2.24) is 4.98 Å². The Morgan fingerprint density at radius 1 is 1.26 bits per heavy atom. The van der Waals surface area contributed by atoms with Crippen molar-refractivity contribution >= 4 is 62.3 Å². The lowest BCUT2D eigenvalue weighted by atomic mass is 10.0. The van der Waals surface area contributed by atoms with E-state index in [9.17, 15) is 9.59 Å². The van der Waals surface area contributed by atoms with Gasteiger partial charge in [0.25, 0.3) is 0 Å². The normalized spacial score (nSPS) is 14.4. The first-order valence-corrected chi connectivity index (χ1v) is 10.7. The molecule has 0 saturated heterocycles. The largest absolute Gasteiger partial charge is 0.312 e. The van der Waals surface area contributed by atoms with E-state index in [-0.39, 0.29) is 16.9 Å². The van der Waals surface area contributed by atoms with Gasteiger partial charge in [0.05, 0.1) is 15.5 Å². The van der Waals surface area contributed by atoms with Crippen molar-refractivity contribution in [3.63, 3.8) is 0 Å². The van der Waals surface area contributed by atoms with E-state index >= 15 is 0 Å². The topological polar surface area (TPSA) is 50.3 Å². The molecule has 27 heavy (non-hydrogen) atoms. The predicted octanol–water partition coefficient (Wildman–Crippen LogP) is 5.22. The number of benzene rings is 2. The molecule has 0 radical (unpaired) electrons. The molecule has 4 nitrogen and oxygen atoms in total. The van der Waals surface area contributed by atoms with Crippen molar-refractivity contribution in [2.75, 3.05) is 11.4 Å². The van der Waals surface area contributed by atoms with Crippen LogP contribution < -0.4 is 4.90 Å². The summed E-state index contributed by atoms with van der Waals surface area (Å²) in [5, 5.41) is 0.413. The van der Waals surface area contributed by atoms with E-state index in [2.05, 4.69) is 4.98 Å². The number of carbonyl (C=O) groups excluding carboxylic acids is 2. The van der Waals surface area contributed by atoms with Gasteiger partial charge in [-0.05, 0) is 55.3 Å². The summed E-state index contributed by atoms with van der Waals surface area (Å²) < 4.78 is 1.92. The van der Waals surface area contributed by atoms with Crippen LogP contribution in [-0.2, 0) is 11.2 Å². The van der Waals surface area contributed by atoms with E-state index in [0.29, 0.717) is 17.1 Å². The summed E-state index contributed by atoms with van der Waals surface area (Å²) in [4.78, 5) is 30.9. The summed E-state index contributed by atoms with van der Waals surface area (Å²) in [6.07, 6.45) is 0.788. The molecule has 3 aromatic rings. The second kappa shape index (κ2) is 7.26. The number of Topliss-reactive ketones (excluding diaryl/α,β-unsaturated/α-hetero) is 1. The van der Waals surface area contributed by atoms with Crippen LogP contribution in [0.2, 0.25) is 5.02 Å². The molecule has 1 amide bonds. The number of fused-ring (bicyclic) bond motifs is 2. The van der Waals surface area contributed by atoms with Gasteiger partial charge in [-0.15, -0.1) is 11.3 Å². The van der Waals surface area contributed by atoms with Gasteiger partial charge in [0.1, 0.15) is 0 Å². The summed E-state index contributed by atoms with van der Waals surface area (Å²) in [5.74, 6) is 0.106. The minimum Gasteiger partial charge on any atom is -0.312 e. The monoisotopic (exact) mass is 416 g/mol. The molecule has 1 aliphatic heterocycles. The first-order chi connectivity index (χ1) is 12.9. The average molecular weight is 417 g/mol. The summed E-state index contributed by atoms with van der Waals surface area (Å²) in [6, 6.07) is 11.3. The van der Waals surface area contributed by atoms with Gasteiger partial charge in [-0.3, -0.25) is 9.59 Å². The smallest absolute Gasteiger partial charge is 0.223 e. The molecular weight excluding hydrogens is 400 g/mol. The Bertz CT molecular complexity index is 1060. The summed E-state index contributed by atoms with van der Waals surface area (Å²) in [5.41, 5.74) is 3.52. The highest BCUT2D eigenvalue weighted by Gasteiger charge is 2.25. The van der Waals surface area contributed by atoms with Gasteiger partial charge in [-0.25, -0.2) is 4.98 Å². The van der Waals surface area contributed by atoms with Crippen molar-refractivity contribution in [1.29, 1.82) is 0 Å². The SMILES string of the molecule is CC(=O)N1CCc2cc(C(=O)C(C)Sc3nc4cc(Cl)ccc4s3)ccc21. The molecule has 1 aromatic heterocycles. The van der Waals surface area contributed by atoms with Crippen molar-refractivity contribution in [3.8, 4) is 0 Å². The predicted molar refractivity (Wildman–Crippen MR) is 112 cm³/mol. The number of nitrogens with zero attached hydrogens (tertiary/aromatic N) is 2. The Balaban J connectivity index is 1.53. The number of rotatable bonds is 4. The Morgan fingerprint density at radius 3 is 2.85 bits per heavy atom. The van der Waals surface area contributed by atoms with Crippen molar-refractivity contribution in [2.24, 2.45) is 0 Å². The maximum atomic E-state index is 12.9. The van der Waals surface area contributed by atoms with Gasteiger partial charge in [0, 0.05) is 29.7 Å². The van der Waals surface area contributed by atoms with Crippen molar-refractivity contribution < 1.29 is 9.59 Å². The molecule has 2 heterocycles. The standard InChI is InChI=1S/C20H17ClN2O2S2/c1-11(26-20-22-16-10-15(21)4-6-18(16)27-20)19(25)14-3-5-17-13(9-14)7-8-23(17)12(2)24/h3-6,9-11H,7-8H2,1-2H3. The molecular formula is C20H17ClN2O2S2. The van der Waals surface area contributed by atoms with Crippen LogP contribution in [0.4, 0.5) is 5.69 Å². The van der Waals surface area contributed by atoms with Crippen LogP contribution in [0.1, 0.15) is 29.8 Å². The zero-order valence-corrected chi connectivity index (χ0v) is 17.2. The van der Waals surface area contributed by atoms with E-state index in [1.54, 1.807) is 23.2 Å². The van der Waals surface area contributed by atoms with Gasteiger partial charge in [-0.2, -0.15) is 0 Å². The summed E-state index contributed by atoms with van der Waals surface area (Å²) in [6.45, 7) is 4.15. The zero-order chi connectivity index (χ0) is 19.1. The number of thioether (sulfide) groups is 1. The van der Waals surface area contributed by atoms with Crippen LogP contribution in [-0.4, -0.2) is 28.5 Å². The first-order valence-electron chi connectivity index (χ1n) is 8.60. The molecule has 0 aliphatic carbocycles. The van der Waals surface area contributed by atoms with Gasteiger partial charge in [0.15, 0.2) is 10.1 Å². The lowest BCUT2D eigenvalue weighted by molar-refractivity contribution is -0.116. The van der Waals surface area contributed by atoms with Crippen LogP contribution in [0.15, 0.2) is 40.7 Å². The lowest BCUT2D eigenvalue weighted by Crippen LogP contribution is -2.25. The third-order valence-electron chi connectivity index (χ3n) is 4.62. The maximum Gasteiger partial charge on any atom is 0.223 e. The fourth-order valence-corrected chi connectivity index (χ4v) is 5.69. The average Bonchev–Trinajstić information content (AvgIpc) is 3.23. The van der Waals surface area contributed by atoms with Crippen molar-refractivity contribution in [2.45, 2.75) is 29.9 Å². The Kier molecular flexibility index (Phi) is 4.97. The Labute approximate surface area is 170 Å². The number of hydrogen-bond acceptors (Lipinski definition) is 5. The number of thiazole rings is 1. The minimum atomic E-state index is -0.246. The Morgan fingerprint density at radius 2 is 2.07 bits per heavy atom. The third-order valence-corrected chi connectivity index (χ3v) is 7.08. The number of halogens is 1. The molecule has 0 spiro atoms. The molecule has 7 heteroatoms. The number of anilines is 1. The highest BCUT2D eigenvalue weighted by Crippen LogP contribution is 2.35. The fraction of sp³-hybridized carbons (Fsp3) is 0.250. The minimum absolute atomic E-state index is 0.0349. The molecule has 0 fully saturated rings. The number of carbonyl (C=O) groups is 2. The van der Waals surface area contributed by atoms with E-state index in [1.807, 2.05) is 43.3 Å². The van der Waals surface area contributed by atoms with E-state index in [1.165, 1.54) is 11.8 Å². The molecule has 0 saturated carbocycles. The van der Waals surface area contributed by atoms with Crippen LogP contribution in [0, 0.1) is 0 Å². The second-order valence-electron chi connectivity index (χ2n) is 6.48. The van der Waals surface area contributed by atoms with E-state index in [4.69, 9.17) is 11.6 Å². The Hall–Kier alpha value is -1.89. The molecule has 1 unspecified atom stereocenters. The van der Waals surface area contributed by atoms with Crippen LogP contribution in [0.3, 0.4) is 0 Å². The third kappa shape index (κ3) is 3.61. The highest BCUT2D eigenvalue weighted by atomic mass is 35.5. The maximum absolute atomic E-state index is 12.9. The molecule has 4 rings (SSSR count). The fourth-order valence-electron chi connectivity index (χ4n) is 3.25.